The van der Waals surface area contributed by atoms with Crippen LogP contribution in [0.4, 0.5) is 11.4 Å². The molecule has 0 spiro atoms. The largest absolute Gasteiger partial charge is 0.386 e. The molecule has 9 heteroatoms. The van der Waals surface area contributed by atoms with Gasteiger partial charge in [-0.15, -0.1) is 0 Å². The first kappa shape index (κ1) is 19.2. The zero-order chi connectivity index (χ0) is 19.1. The van der Waals surface area contributed by atoms with E-state index in [1.54, 1.807) is 24.3 Å². The molecule has 0 aromatic heterocycles. The molecule has 26 heavy (non-hydrogen) atoms. The van der Waals surface area contributed by atoms with E-state index >= 15 is 0 Å². The molecule has 2 aromatic carbocycles. The maximum atomic E-state index is 12.2. The van der Waals surface area contributed by atoms with Gasteiger partial charge < -0.3 is 10.6 Å². The lowest BCUT2D eigenvalue weighted by Crippen LogP contribution is -2.17. The Labute approximate surface area is 159 Å². The molecule has 0 fully saturated rings. The number of rotatable bonds is 6. The molecule has 0 aliphatic carbocycles. The van der Waals surface area contributed by atoms with Crippen LogP contribution in [0, 0.1) is 21.4 Å². The minimum Gasteiger partial charge on any atom is -0.386 e. The number of anilines is 1. The minimum atomic E-state index is -0.749. The van der Waals surface area contributed by atoms with Crippen molar-refractivity contribution in [2.75, 3.05) is 5.32 Å². The maximum absolute atomic E-state index is 12.2. The number of nitrogens with zero attached hydrogens (tertiary/aromatic N) is 2. The van der Waals surface area contributed by atoms with E-state index in [0.29, 0.717) is 11.6 Å². The molecule has 0 radical (unpaired) electrons. The Balaban J connectivity index is 2.09. The summed E-state index contributed by atoms with van der Waals surface area (Å²) < 4.78 is 0. The second-order valence-corrected chi connectivity index (χ2v) is 5.83. The molecule has 0 aliphatic rings. The van der Waals surface area contributed by atoms with Gasteiger partial charge in [0.2, 0.25) is 0 Å². The predicted octanol–water partition coefficient (Wildman–Crippen LogP) is 4.04. The van der Waals surface area contributed by atoms with Crippen molar-refractivity contribution < 1.29 is 9.72 Å². The highest BCUT2D eigenvalue weighted by Gasteiger charge is 2.15. The molecule has 2 aromatic rings. The summed E-state index contributed by atoms with van der Waals surface area (Å²) in [6.45, 7) is 0.315. The van der Waals surface area contributed by atoms with Crippen LogP contribution >= 0.6 is 23.2 Å². The molecule has 0 aliphatic heterocycles. The highest BCUT2D eigenvalue weighted by Crippen LogP contribution is 2.27. The number of nitro benzene ring substituents is 1. The van der Waals surface area contributed by atoms with Crippen molar-refractivity contribution >= 4 is 40.5 Å². The summed E-state index contributed by atoms with van der Waals surface area (Å²) in [5.41, 5.74) is 0.381. The molecule has 0 heterocycles. The maximum Gasteiger partial charge on any atom is 0.271 e. The Morgan fingerprint density at radius 3 is 2.62 bits per heavy atom. The van der Waals surface area contributed by atoms with E-state index in [2.05, 4.69) is 10.6 Å². The van der Waals surface area contributed by atoms with Gasteiger partial charge in [-0.1, -0.05) is 41.4 Å². The van der Waals surface area contributed by atoms with E-state index in [4.69, 9.17) is 28.5 Å². The van der Waals surface area contributed by atoms with Gasteiger partial charge in [0.1, 0.15) is 11.6 Å². The average Bonchev–Trinajstić information content (AvgIpc) is 2.61. The van der Waals surface area contributed by atoms with Crippen LogP contribution in [0.15, 0.2) is 54.2 Å². The molecule has 1 amide bonds. The molecule has 7 nitrogen and oxygen atoms in total. The Kier molecular flexibility index (Phi) is 6.55. The van der Waals surface area contributed by atoms with Crippen molar-refractivity contribution in [2.24, 2.45) is 0 Å². The van der Waals surface area contributed by atoms with Crippen LogP contribution in [0.3, 0.4) is 0 Å². The van der Waals surface area contributed by atoms with Crippen LogP contribution in [0.2, 0.25) is 10.0 Å². The summed E-state index contributed by atoms with van der Waals surface area (Å²) in [6, 6.07) is 12.5. The number of benzene rings is 2. The van der Waals surface area contributed by atoms with E-state index in [9.17, 15) is 14.9 Å². The third kappa shape index (κ3) is 4.96. The van der Waals surface area contributed by atoms with Crippen molar-refractivity contribution in [3.05, 3.63) is 80.0 Å². The number of non-ortho nitro benzene ring substituents is 1. The monoisotopic (exact) mass is 390 g/mol. The van der Waals surface area contributed by atoms with Gasteiger partial charge >= 0.3 is 0 Å². The lowest BCUT2D eigenvalue weighted by Gasteiger charge is -2.07. The van der Waals surface area contributed by atoms with E-state index in [0.717, 1.165) is 11.6 Å². The van der Waals surface area contributed by atoms with Crippen LogP contribution in [-0.4, -0.2) is 10.8 Å². The fraction of sp³-hybridized carbons (Fsp3) is 0.0588. The summed E-state index contributed by atoms with van der Waals surface area (Å²) in [7, 11) is 0. The molecular weight excluding hydrogens is 379 g/mol. The molecular formula is C17H12Cl2N4O3. The van der Waals surface area contributed by atoms with E-state index in [1.165, 1.54) is 18.3 Å². The van der Waals surface area contributed by atoms with E-state index in [1.807, 2.05) is 6.07 Å². The van der Waals surface area contributed by atoms with Gasteiger partial charge in [0.25, 0.3) is 11.6 Å². The number of halogens is 2. The zero-order valence-electron chi connectivity index (χ0n) is 13.2. The first-order chi connectivity index (χ1) is 12.4. The molecule has 0 unspecified atom stereocenters. The van der Waals surface area contributed by atoms with Crippen LogP contribution in [0.1, 0.15) is 5.56 Å². The van der Waals surface area contributed by atoms with Crippen molar-refractivity contribution in [1.82, 2.24) is 5.32 Å². The number of nitriles is 1. The van der Waals surface area contributed by atoms with Gasteiger partial charge in [0, 0.05) is 29.9 Å². The predicted molar refractivity (Wildman–Crippen MR) is 98.7 cm³/mol. The summed E-state index contributed by atoms with van der Waals surface area (Å²) in [5.74, 6) is -0.749. The van der Waals surface area contributed by atoms with Crippen LogP contribution in [-0.2, 0) is 11.3 Å². The molecule has 2 N–H and O–H groups in total. The number of nitro groups is 1. The molecule has 0 bridgehead atoms. The van der Waals surface area contributed by atoms with Crippen molar-refractivity contribution in [2.45, 2.75) is 6.54 Å². The quantitative estimate of drug-likeness (QED) is 0.334. The number of carbonyl (C=O) groups is 1. The normalized spacial score (nSPS) is 10.7. The Morgan fingerprint density at radius 2 is 1.96 bits per heavy atom. The Bertz CT molecular complexity index is 922. The molecule has 0 atom stereocenters. The number of amides is 1. The number of carbonyl (C=O) groups excluding carboxylic acids is 1. The Morgan fingerprint density at radius 1 is 1.23 bits per heavy atom. The molecule has 2 rings (SSSR count). The summed E-state index contributed by atoms with van der Waals surface area (Å²) >= 11 is 12.0. The van der Waals surface area contributed by atoms with Crippen LogP contribution in [0.5, 0.6) is 0 Å². The van der Waals surface area contributed by atoms with Crippen molar-refractivity contribution in [3.8, 4) is 6.07 Å². The van der Waals surface area contributed by atoms with E-state index < -0.39 is 10.8 Å². The molecule has 0 saturated carbocycles. The number of nitrogens with one attached hydrogen (secondary N) is 2. The van der Waals surface area contributed by atoms with Crippen molar-refractivity contribution in [1.29, 1.82) is 5.26 Å². The lowest BCUT2D eigenvalue weighted by molar-refractivity contribution is -0.384. The molecule has 0 saturated heterocycles. The first-order valence-corrected chi connectivity index (χ1v) is 8.00. The van der Waals surface area contributed by atoms with Crippen LogP contribution in [0.25, 0.3) is 0 Å². The van der Waals surface area contributed by atoms with Crippen molar-refractivity contribution in [3.63, 3.8) is 0 Å². The second-order valence-electron chi connectivity index (χ2n) is 5.02. The summed E-state index contributed by atoms with van der Waals surface area (Å²) in [5, 5.41) is 25.9. The highest BCUT2D eigenvalue weighted by molar-refractivity contribution is 6.34. The van der Waals surface area contributed by atoms with Gasteiger partial charge in [-0.25, -0.2) is 0 Å². The SMILES string of the molecule is N#C/C(=C/NCc1ccccc1Cl)C(=O)Nc1cc([N+](=O)[O-])ccc1Cl. The lowest BCUT2D eigenvalue weighted by atomic mass is 10.2. The van der Waals surface area contributed by atoms with Gasteiger partial charge in [-0.05, 0) is 17.7 Å². The average molecular weight is 391 g/mol. The fourth-order valence-corrected chi connectivity index (χ4v) is 2.33. The minimum absolute atomic E-state index is 0.0399. The molecule has 132 valence electrons. The third-order valence-electron chi connectivity index (χ3n) is 3.27. The van der Waals surface area contributed by atoms with Crippen LogP contribution < -0.4 is 10.6 Å². The first-order valence-electron chi connectivity index (χ1n) is 7.24. The topological polar surface area (TPSA) is 108 Å². The third-order valence-corrected chi connectivity index (χ3v) is 3.97. The standard InChI is InChI=1S/C17H12Cl2N4O3/c18-14-4-2-1-3-11(14)9-21-10-12(8-20)17(24)22-16-7-13(23(25)26)5-6-15(16)19/h1-7,10,21H,9H2,(H,22,24)/b12-10-. The van der Waals surface area contributed by atoms with Gasteiger partial charge in [-0.3, -0.25) is 14.9 Å². The highest BCUT2D eigenvalue weighted by atomic mass is 35.5. The van der Waals surface area contributed by atoms with E-state index in [-0.39, 0.29) is 22.0 Å². The van der Waals surface area contributed by atoms with Gasteiger partial charge in [0.05, 0.1) is 15.6 Å². The fourth-order valence-electron chi connectivity index (χ4n) is 1.97. The summed E-state index contributed by atoms with van der Waals surface area (Å²) in [4.78, 5) is 22.4. The smallest absolute Gasteiger partial charge is 0.271 e. The zero-order valence-corrected chi connectivity index (χ0v) is 14.7. The second kappa shape index (κ2) is 8.85. The number of hydrogen-bond donors (Lipinski definition) is 2. The van der Waals surface area contributed by atoms with Gasteiger partial charge in [-0.2, -0.15) is 5.26 Å². The number of hydrogen-bond acceptors (Lipinski definition) is 5. The summed E-state index contributed by atoms with van der Waals surface area (Å²) in [6.07, 6.45) is 1.24. The van der Waals surface area contributed by atoms with Gasteiger partial charge in [0.15, 0.2) is 0 Å². The Hall–Kier alpha value is -3.08.